The summed E-state index contributed by atoms with van der Waals surface area (Å²) in [6.07, 6.45) is 0. The molecule has 0 bridgehead atoms. The van der Waals surface area contributed by atoms with Gasteiger partial charge in [0.1, 0.15) is 11.5 Å². The molecule has 0 aliphatic carbocycles. The second kappa shape index (κ2) is 6.07. The highest BCUT2D eigenvalue weighted by Gasteiger charge is 2.08. The number of nitrogens with zero attached hydrogens (tertiary/aromatic N) is 2. The van der Waals surface area contributed by atoms with Gasteiger partial charge < -0.3 is 15.4 Å². The summed E-state index contributed by atoms with van der Waals surface area (Å²) < 4.78 is 5.00. The van der Waals surface area contributed by atoms with E-state index in [0.717, 1.165) is 13.1 Å². The number of pyridine rings is 1. The van der Waals surface area contributed by atoms with Gasteiger partial charge in [0.15, 0.2) is 0 Å². The normalized spacial score (nSPS) is 10.1. The van der Waals surface area contributed by atoms with Crippen molar-refractivity contribution in [1.29, 1.82) is 0 Å². The highest BCUT2D eigenvalue weighted by molar-refractivity contribution is 5.90. The minimum atomic E-state index is -0.565. The molecule has 0 saturated carbocycles. The third-order valence-corrected chi connectivity index (χ3v) is 2.18. The summed E-state index contributed by atoms with van der Waals surface area (Å²) in [4.78, 5) is 17.1. The highest BCUT2D eigenvalue weighted by Crippen LogP contribution is 2.10. The Kier molecular flexibility index (Phi) is 4.72. The van der Waals surface area contributed by atoms with Gasteiger partial charge in [0.25, 0.3) is 5.91 Å². The molecule has 0 saturated heterocycles. The number of nitrogens with two attached hydrogens (primary N) is 1. The fourth-order valence-electron chi connectivity index (χ4n) is 1.32. The molecule has 0 aliphatic rings. The lowest BCUT2D eigenvalue weighted by atomic mass is 10.3. The summed E-state index contributed by atoms with van der Waals surface area (Å²) in [5.74, 6) is 0.150. The summed E-state index contributed by atoms with van der Waals surface area (Å²) >= 11 is 0. The topological polar surface area (TPSA) is 68.5 Å². The van der Waals surface area contributed by atoms with Crippen molar-refractivity contribution < 1.29 is 9.53 Å². The molecule has 0 fully saturated rings. The van der Waals surface area contributed by atoms with Crippen molar-refractivity contribution in [2.75, 3.05) is 31.7 Å². The number of primary amides is 1. The van der Waals surface area contributed by atoms with E-state index < -0.39 is 5.91 Å². The zero-order chi connectivity index (χ0) is 12.0. The molecular formula is C11H16N3O2. The molecule has 5 heteroatoms. The molecule has 0 atom stereocenters. The number of rotatable bonds is 6. The molecular weight excluding hydrogens is 206 g/mol. The minimum Gasteiger partial charge on any atom is -0.383 e. The second-order valence-electron chi connectivity index (χ2n) is 3.23. The summed E-state index contributed by atoms with van der Waals surface area (Å²) in [6, 6.07) is 6.15. The number of methoxy groups -OCH3 is 1. The summed E-state index contributed by atoms with van der Waals surface area (Å²) in [5.41, 5.74) is 5.31. The highest BCUT2D eigenvalue weighted by atomic mass is 16.5. The van der Waals surface area contributed by atoms with Gasteiger partial charge in [-0.05, 0) is 19.1 Å². The van der Waals surface area contributed by atoms with Crippen molar-refractivity contribution in [2.45, 2.75) is 6.92 Å². The molecule has 87 valence electrons. The Labute approximate surface area is 95.2 Å². The molecule has 16 heavy (non-hydrogen) atoms. The van der Waals surface area contributed by atoms with Crippen LogP contribution in [0, 0.1) is 6.07 Å². The zero-order valence-electron chi connectivity index (χ0n) is 9.56. The predicted octanol–water partition coefficient (Wildman–Crippen LogP) is 0.453. The largest absolute Gasteiger partial charge is 0.383 e. The lowest BCUT2D eigenvalue weighted by molar-refractivity contribution is 0.0995. The van der Waals surface area contributed by atoms with E-state index in [2.05, 4.69) is 11.1 Å². The van der Waals surface area contributed by atoms with Crippen LogP contribution in [0.2, 0.25) is 0 Å². The maximum atomic E-state index is 11.0. The number of carbonyl (C=O) groups excluding carboxylic acids is 1. The van der Waals surface area contributed by atoms with Crippen LogP contribution in [0.4, 0.5) is 5.82 Å². The first kappa shape index (κ1) is 12.4. The average molecular weight is 222 g/mol. The summed E-state index contributed by atoms with van der Waals surface area (Å²) in [5, 5.41) is 0. The van der Waals surface area contributed by atoms with Gasteiger partial charge in [0.05, 0.1) is 6.61 Å². The van der Waals surface area contributed by atoms with Crippen LogP contribution in [0.3, 0.4) is 0 Å². The van der Waals surface area contributed by atoms with Crippen molar-refractivity contribution >= 4 is 11.7 Å². The number of hydrogen-bond acceptors (Lipinski definition) is 4. The quantitative estimate of drug-likeness (QED) is 0.759. The first-order chi connectivity index (χ1) is 7.69. The van der Waals surface area contributed by atoms with Gasteiger partial charge in [-0.25, -0.2) is 4.98 Å². The van der Waals surface area contributed by atoms with Gasteiger partial charge >= 0.3 is 0 Å². The first-order valence-corrected chi connectivity index (χ1v) is 5.11. The smallest absolute Gasteiger partial charge is 0.268 e. The number of carbonyl (C=O) groups is 1. The summed E-state index contributed by atoms with van der Waals surface area (Å²) in [6.45, 7) is 4.14. The van der Waals surface area contributed by atoms with Crippen LogP contribution in [-0.4, -0.2) is 37.7 Å². The number of anilines is 1. The molecule has 0 aromatic carbocycles. The van der Waals surface area contributed by atoms with E-state index in [0.29, 0.717) is 12.4 Å². The Morgan fingerprint density at radius 3 is 3.00 bits per heavy atom. The van der Waals surface area contributed by atoms with Gasteiger partial charge in [0.2, 0.25) is 0 Å². The summed E-state index contributed by atoms with van der Waals surface area (Å²) in [7, 11) is 1.65. The SMILES string of the molecule is CCN(CCOC)c1cc[c]c(C(N)=O)n1. The third kappa shape index (κ3) is 3.20. The average Bonchev–Trinajstić information content (AvgIpc) is 2.30. The molecule has 2 N–H and O–H groups in total. The lowest BCUT2D eigenvalue weighted by Crippen LogP contribution is -2.28. The predicted molar refractivity (Wildman–Crippen MR) is 61.4 cm³/mol. The molecule has 1 heterocycles. The molecule has 5 nitrogen and oxygen atoms in total. The lowest BCUT2D eigenvalue weighted by Gasteiger charge is -2.21. The number of amides is 1. The molecule has 1 rings (SSSR count). The van der Waals surface area contributed by atoms with E-state index in [1.807, 2.05) is 11.8 Å². The van der Waals surface area contributed by atoms with Crippen LogP contribution in [0.15, 0.2) is 12.1 Å². The van der Waals surface area contributed by atoms with E-state index in [-0.39, 0.29) is 5.69 Å². The monoisotopic (exact) mass is 222 g/mol. The molecule has 1 aromatic rings. The first-order valence-electron chi connectivity index (χ1n) is 5.11. The van der Waals surface area contributed by atoms with E-state index >= 15 is 0 Å². The van der Waals surface area contributed by atoms with Gasteiger partial charge in [0, 0.05) is 26.3 Å². The van der Waals surface area contributed by atoms with Crippen molar-refractivity contribution in [3.05, 3.63) is 23.9 Å². The van der Waals surface area contributed by atoms with Crippen LogP contribution in [0.1, 0.15) is 17.4 Å². The Morgan fingerprint density at radius 2 is 2.44 bits per heavy atom. The van der Waals surface area contributed by atoms with E-state index in [4.69, 9.17) is 10.5 Å². The molecule has 1 amide bonds. The van der Waals surface area contributed by atoms with Crippen molar-refractivity contribution in [2.24, 2.45) is 5.73 Å². The molecule has 1 radical (unpaired) electrons. The maximum absolute atomic E-state index is 11.0. The van der Waals surface area contributed by atoms with Crippen LogP contribution in [0.25, 0.3) is 0 Å². The van der Waals surface area contributed by atoms with Crippen LogP contribution >= 0.6 is 0 Å². The maximum Gasteiger partial charge on any atom is 0.268 e. The third-order valence-electron chi connectivity index (χ3n) is 2.18. The number of aromatic nitrogens is 1. The van der Waals surface area contributed by atoms with Crippen LogP contribution < -0.4 is 10.6 Å². The molecule has 0 aliphatic heterocycles. The zero-order valence-corrected chi connectivity index (χ0v) is 9.56. The second-order valence-corrected chi connectivity index (χ2v) is 3.23. The standard InChI is InChI=1S/C11H16N3O2/c1-3-14(7-8-16-2)10-6-4-5-9(13-10)11(12)15/h4,6H,3,7-8H2,1-2H3,(H2,12,15). The van der Waals surface area contributed by atoms with Crippen molar-refractivity contribution in [3.63, 3.8) is 0 Å². The van der Waals surface area contributed by atoms with Gasteiger partial charge in [-0.15, -0.1) is 0 Å². The van der Waals surface area contributed by atoms with Crippen molar-refractivity contribution in [1.82, 2.24) is 4.98 Å². The Hall–Kier alpha value is -1.62. The van der Waals surface area contributed by atoms with E-state index in [1.54, 1.807) is 19.2 Å². The number of likely N-dealkylation sites (N-methyl/N-ethyl adjacent to an activating group) is 1. The van der Waals surface area contributed by atoms with E-state index in [1.165, 1.54) is 0 Å². The minimum absolute atomic E-state index is 0.161. The molecule has 1 aromatic heterocycles. The van der Waals surface area contributed by atoms with Crippen molar-refractivity contribution in [3.8, 4) is 0 Å². The van der Waals surface area contributed by atoms with Crippen LogP contribution in [0.5, 0.6) is 0 Å². The van der Waals surface area contributed by atoms with Crippen LogP contribution in [-0.2, 0) is 4.74 Å². The fourth-order valence-corrected chi connectivity index (χ4v) is 1.32. The Morgan fingerprint density at radius 1 is 1.69 bits per heavy atom. The van der Waals surface area contributed by atoms with Gasteiger partial charge in [-0.2, -0.15) is 0 Å². The van der Waals surface area contributed by atoms with Gasteiger partial charge in [-0.1, -0.05) is 0 Å². The fraction of sp³-hybridized carbons (Fsp3) is 0.455. The Balaban J connectivity index is 2.83. The van der Waals surface area contributed by atoms with Gasteiger partial charge in [-0.3, -0.25) is 4.79 Å². The molecule has 0 spiro atoms. The molecule has 0 unspecified atom stereocenters. The van der Waals surface area contributed by atoms with E-state index in [9.17, 15) is 4.79 Å². The number of hydrogen-bond donors (Lipinski definition) is 1. The number of ether oxygens (including phenoxy) is 1. The Bertz CT molecular complexity index is 355.